The summed E-state index contributed by atoms with van der Waals surface area (Å²) in [7, 11) is 0. The van der Waals surface area contributed by atoms with E-state index in [4.69, 9.17) is 5.73 Å². The van der Waals surface area contributed by atoms with Crippen LogP contribution in [-0.4, -0.2) is 16.7 Å². The van der Waals surface area contributed by atoms with E-state index in [9.17, 15) is 0 Å². The largest absolute Gasteiger partial charge is 0.329 e. The second-order valence-electron chi connectivity index (χ2n) is 5.09. The molecule has 0 amide bonds. The van der Waals surface area contributed by atoms with Gasteiger partial charge in [-0.2, -0.15) is 5.10 Å². The van der Waals surface area contributed by atoms with Gasteiger partial charge in [-0.25, -0.2) is 0 Å². The van der Waals surface area contributed by atoms with Crippen molar-refractivity contribution in [2.24, 2.45) is 5.73 Å². The van der Waals surface area contributed by atoms with Crippen molar-refractivity contribution >= 4 is 0 Å². The summed E-state index contributed by atoms with van der Waals surface area (Å²) < 4.78 is 0. The van der Waals surface area contributed by atoms with Crippen molar-refractivity contribution in [3.05, 3.63) is 52.8 Å². The first-order valence-electron chi connectivity index (χ1n) is 6.43. The van der Waals surface area contributed by atoms with E-state index in [1.165, 1.54) is 11.1 Å². The maximum atomic E-state index is 5.89. The van der Waals surface area contributed by atoms with E-state index in [1.807, 2.05) is 6.92 Å². The van der Waals surface area contributed by atoms with Crippen LogP contribution in [0.15, 0.2) is 30.3 Å². The third kappa shape index (κ3) is 2.62. The lowest BCUT2D eigenvalue weighted by atomic mass is 9.93. The fourth-order valence-corrected chi connectivity index (χ4v) is 2.16. The summed E-state index contributed by atoms with van der Waals surface area (Å²) in [6.07, 6.45) is 0. The van der Waals surface area contributed by atoms with Crippen molar-refractivity contribution in [2.75, 3.05) is 6.54 Å². The van der Waals surface area contributed by atoms with Gasteiger partial charge in [0.15, 0.2) is 0 Å². The van der Waals surface area contributed by atoms with Gasteiger partial charge in [0.25, 0.3) is 0 Å². The predicted octanol–water partition coefficient (Wildman–Crippen LogP) is 2.93. The fraction of sp³-hybridized carbons (Fsp3) is 0.400. The molecule has 0 bridgehead atoms. The highest BCUT2D eigenvalue weighted by Gasteiger charge is 2.15. The standard InChI is InChI=1S/C15H21N3/c1-10(2)12-4-6-13(7-5-12)14(9-16)15-8-11(3)17-18-15/h4-8,10,14H,9,16H2,1-3H3,(H,17,18). The average Bonchev–Trinajstić information content (AvgIpc) is 2.77. The Morgan fingerprint density at radius 3 is 2.22 bits per heavy atom. The van der Waals surface area contributed by atoms with E-state index in [0.29, 0.717) is 12.5 Å². The molecular weight excluding hydrogens is 222 g/mol. The molecule has 1 aromatic heterocycles. The maximum Gasteiger partial charge on any atom is 0.0712 e. The summed E-state index contributed by atoms with van der Waals surface area (Å²) in [5.41, 5.74) is 10.6. The second-order valence-corrected chi connectivity index (χ2v) is 5.09. The number of benzene rings is 1. The van der Waals surface area contributed by atoms with Crippen LogP contribution < -0.4 is 5.73 Å². The van der Waals surface area contributed by atoms with Gasteiger partial charge in [-0.1, -0.05) is 38.1 Å². The first-order chi connectivity index (χ1) is 8.61. The van der Waals surface area contributed by atoms with Crippen LogP contribution in [0.1, 0.15) is 48.2 Å². The van der Waals surface area contributed by atoms with Gasteiger partial charge in [0.1, 0.15) is 0 Å². The number of hydrogen-bond acceptors (Lipinski definition) is 2. The summed E-state index contributed by atoms with van der Waals surface area (Å²) >= 11 is 0. The van der Waals surface area contributed by atoms with Crippen molar-refractivity contribution in [1.82, 2.24) is 10.2 Å². The topological polar surface area (TPSA) is 54.7 Å². The normalized spacial score (nSPS) is 12.9. The Morgan fingerprint density at radius 1 is 1.17 bits per heavy atom. The van der Waals surface area contributed by atoms with E-state index in [0.717, 1.165) is 11.4 Å². The molecule has 2 aromatic rings. The van der Waals surface area contributed by atoms with Crippen molar-refractivity contribution in [3.8, 4) is 0 Å². The molecule has 18 heavy (non-hydrogen) atoms. The van der Waals surface area contributed by atoms with Crippen molar-refractivity contribution in [3.63, 3.8) is 0 Å². The van der Waals surface area contributed by atoms with E-state index in [2.05, 4.69) is 54.4 Å². The number of rotatable bonds is 4. The zero-order chi connectivity index (χ0) is 13.1. The molecular formula is C15H21N3. The molecule has 0 saturated carbocycles. The zero-order valence-electron chi connectivity index (χ0n) is 11.3. The molecule has 3 nitrogen and oxygen atoms in total. The Balaban J connectivity index is 2.28. The molecule has 1 heterocycles. The van der Waals surface area contributed by atoms with Crippen LogP contribution in [0.2, 0.25) is 0 Å². The van der Waals surface area contributed by atoms with Gasteiger partial charge >= 0.3 is 0 Å². The van der Waals surface area contributed by atoms with Crippen molar-refractivity contribution in [2.45, 2.75) is 32.6 Å². The SMILES string of the molecule is Cc1cc(C(CN)c2ccc(C(C)C)cc2)n[nH]1. The van der Waals surface area contributed by atoms with Gasteiger partial charge in [-0.15, -0.1) is 0 Å². The number of nitrogens with two attached hydrogens (primary N) is 1. The summed E-state index contributed by atoms with van der Waals surface area (Å²) in [5, 5.41) is 7.29. The monoisotopic (exact) mass is 243 g/mol. The van der Waals surface area contributed by atoms with Crippen LogP contribution in [0.5, 0.6) is 0 Å². The van der Waals surface area contributed by atoms with Crippen LogP contribution in [0.3, 0.4) is 0 Å². The van der Waals surface area contributed by atoms with Crippen molar-refractivity contribution < 1.29 is 0 Å². The molecule has 3 heteroatoms. The molecule has 0 fully saturated rings. The minimum absolute atomic E-state index is 0.177. The van der Waals surface area contributed by atoms with Crippen LogP contribution in [-0.2, 0) is 0 Å². The summed E-state index contributed by atoms with van der Waals surface area (Å²) in [4.78, 5) is 0. The first kappa shape index (κ1) is 12.8. The molecule has 0 aliphatic carbocycles. The minimum atomic E-state index is 0.177. The van der Waals surface area contributed by atoms with Gasteiger partial charge in [0, 0.05) is 18.2 Å². The van der Waals surface area contributed by atoms with Crippen LogP contribution in [0, 0.1) is 6.92 Å². The fourth-order valence-electron chi connectivity index (χ4n) is 2.16. The Bertz CT molecular complexity index is 497. The summed E-state index contributed by atoms with van der Waals surface area (Å²) in [5.74, 6) is 0.735. The van der Waals surface area contributed by atoms with Crippen LogP contribution in [0.25, 0.3) is 0 Å². The Morgan fingerprint density at radius 2 is 1.78 bits per heavy atom. The van der Waals surface area contributed by atoms with Gasteiger partial charge in [-0.05, 0) is 30.0 Å². The Labute approximate surface area is 108 Å². The maximum absolute atomic E-state index is 5.89. The second kappa shape index (κ2) is 5.36. The lowest BCUT2D eigenvalue weighted by Gasteiger charge is -2.14. The Hall–Kier alpha value is -1.61. The molecule has 96 valence electrons. The molecule has 1 unspecified atom stereocenters. The Kier molecular flexibility index (Phi) is 3.82. The highest BCUT2D eigenvalue weighted by atomic mass is 15.1. The molecule has 1 aromatic carbocycles. The summed E-state index contributed by atoms with van der Waals surface area (Å²) in [6, 6.07) is 10.8. The van der Waals surface area contributed by atoms with Crippen LogP contribution in [0.4, 0.5) is 0 Å². The molecule has 0 radical (unpaired) electrons. The van der Waals surface area contributed by atoms with Gasteiger partial charge in [-0.3, -0.25) is 5.10 Å². The number of H-pyrrole nitrogens is 1. The molecule has 1 atom stereocenters. The highest BCUT2D eigenvalue weighted by molar-refractivity contribution is 5.32. The molecule has 0 aliphatic heterocycles. The average molecular weight is 243 g/mol. The predicted molar refractivity (Wildman–Crippen MR) is 74.8 cm³/mol. The molecule has 0 saturated heterocycles. The first-order valence-corrected chi connectivity index (χ1v) is 6.43. The number of nitrogens with one attached hydrogen (secondary N) is 1. The number of nitrogens with zero attached hydrogens (tertiary/aromatic N) is 1. The third-order valence-corrected chi connectivity index (χ3v) is 3.32. The number of hydrogen-bond donors (Lipinski definition) is 2. The highest BCUT2D eigenvalue weighted by Crippen LogP contribution is 2.24. The number of aryl methyl sites for hydroxylation is 1. The van der Waals surface area contributed by atoms with E-state index in [-0.39, 0.29) is 5.92 Å². The lowest BCUT2D eigenvalue weighted by molar-refractivity contribution is 0.776. The van der Waals surface area contributed by atoms with Crippen LogP contribution >= 0.6 is 0 Å². The smallest absolute Gasteiger partial charge is 0.0712 e. The van der Waals surface area contributed by atoms with Gasteiger partial charge in [0.05, 0.1) is 5.69 Å². The van der Waals surface area contributed by atoms with E-state index in [1.54, 1.807) is 0 Å². The number of aromatic amines is 1. The van der Waals surface area contributed by atoms with E-state index < -0.39 is 0 Å². The molecule has 0 spiro atoms. The zero-order valence-corrected chi connectivity index (χ0v) is 11.3. The lowest BCUT2D eigenvalue weighted by Crippen LogP contribution is -2.14. The van der Waals surface area contributed by atoms with Gasteiger partial charge in [0.2, 0.25) is 0 Å². The van der Waals surface area contributed by atoms with E-state index >= 15 is 0 Å². The van der Waals surface area contributed by atoms with Gasteiger partial charge < -0.3 is 5.73 Å². The summed E-state index contributed by atoms with van der Waals surface area (Å²) in [6.45, 7) is 6.98. The molecule has 3 N–H and O–H groups in total. The molecule has 0 aliphatic rings. The quantitative estimate of drug-likeness (QED) is 0.867. The molecule has 2 rings (SSSR count). The third-order valence-electron chi connectivity index (χ3n) is 3.32. The number of aromatic nitrogens is 2. The minimum Gasteiger partial charge on any atom is -0.329 e. The van der Waals surface area contributed by atoms with Crippen molar-refractivity contribution in [1.29, 1.82) is 0 Å².